The van der Waals surface area contributed by atoms with E-state index in [-0.39, 0.29) is 31.1 Å². The molecule has 0 aliphatic carbocycles. The Morgan fingerprint density at radius 1 is 0.292 bits per heavy atom. The summed E-state index contributed by atoms with van der Waals surface area (Å²) in [5.74, 6) is -0.975. The van der Waals surface area contributed by atoms with Crippen molar-refractivity contribution in [3.05, 3.63) is 122 Å². The number of carbonyl (C=O) groups is 3. The van der Waals surface area contributed by atoms with Crippen LogP contribution < -0.4 is 0 Å². The predicted octanol–water partition coefficient (Wildman–Crippen LogP) is 20.0. The van der Waals surface area contributed by atoms with E-state index in [0.717, 1.165) is 96.3 Å². The van der Waals surface area contributed by atoms with Crippen LogP contribution in [0.3, 0.4) is 0 Å². The highest BCUT2D eigenvalue weighted by Gasteiger charge is 2.19. The van der Waals surface area contributed by atoms with Crippen molar-refractivity contribution in [3.63, 3.8) is 0 Å². The number of allylic oxidation sites excluding steroid dienone is 20. The van der Waals surface area contributed by atoms with Crippen LogP contribution in [0.4, 0.5) is 0 Å². The largest absolute Gasteiger partial charge is 0.462 e. The zero-order valence-electron chi connectivity index (χ0n) is 46.7. The first-order chi connectivity index (χ1) is 35.5. The molecule has 0 radical (unpaired) electrons. The third-order valence-electron chi connectivity index (χ3n) is 12.4. The summed E-state index contributed by atoms with van der Waals surface area (Å²) in [5, 5.41) is 0. The second kappa shape index (κ2) is 59.4. The van der Waals surface area contributed by atoms with Crippen molar-refractivity contribution in [1.29, 1.82) is 0 Å². The molecule has 0 saturated heterocycles. The van der Waals surface area contributed by atoms with Crippen molar-refractivity contribution in [2.24, 2.45) is 0 Å². The fraction of sp³-hybridized carbons (Fsp3) is 0.652. The highest BCUT2D eigenvalue weighted by atomic mass is 16.6. The quantitative estimate of drug-likeness (QED) is 0.0199. The van der Waals surface area contributed by atoms with Gasteiger partial charge in [0, 0.05) is 19.3 Å². The van der Waals surface area contributed by atoms with Gasteiger partial charge in [-0.05, 0) is 89.9 Å². The maximum Gasteiger partial charge on any atom is 0.306 e. The molecule has 72 heavy (non-hydrogen) atoms. The molecular formula is C66H108O6. The van der Waals surface area contributed by atoms with Crippen LogP contribution in [0.15, 0.2) is 122 Å². The smallest absolute Gasteiger partial charge is 0.306 e. The first-order valence-corrected chi connectivity index (χ1v) is 29.7. The van der Waals surface area contributed by atoms with Crippen LogP contribution in [-0.4, -0.2) is 37.2 Å². The van der Waals surface area contributed by atoms with E-state index >= 15 is 0 Å². The fourth-order valence-electron chi connectivity index (χ4n) is 7.94. The summed E-state index contributed by atoms with van der Waals surface area (Å²) in [6.45, 7) is 6.43. The SMILES string of the molecule is CC\C=C/C=C\C=C/C=C\C=C\C=C/CCCCCC(=O)OCC(COC(=O)CCCCCCCCC/C=C\CCCCCCCCCC)OC(=O)CCCCCCC\C=C/C=C\C=C/CCCCCCC. The van der Waals surface area contributed by atoms with E-state index < -0.39 is 6.10 Å². The molecule has 0 rings (SSSR count). The second-order valence-corrected chi connectivity index (χ2v) is 19.4. The summed E-state index contributed by atoms with van der Waals surface area (Å²) in [7, 11) is 0. The van der Waals surface area contributed by atoms with Crippen LogP contribution in [0.2, 0.25) is 0 Å². The number of esters is 3. The van der Waals surface area contributed by atoms with Gasteiger partial charge in [0.1, 0.15) is 13.2 Å². The molecule has 6 heteroatoms. The molecule has 0 bridgehead atoms. The molecule has 1 unspecified atom stereocenters. The van der Waals surface area contributed by atoms with Crippen molar-refractivity contribution in [2.75, 3.05) is 13.2 Å². The molecule has 1 atom stereocenters. The lowest BCUT2D eigenvalue weighted by Crippen LogP contribution is -2.30. The summed E-state index contributed by atoms with van der Waals surface area (Å²) in [6.07, 6.45) is 81.8. The summed E-state index contributed by atoms with van der Waals surface area (Å²) >= 11 is 0. The Labute approximate surface area is 443 Å². The van der Waals surface area contributed by atoms with Gasteiger partial charge in [-0.15, -0.1) is 0 Å². The normalized spacial score (nSPS) is 13.0. The standard InChI is InChI=1S/C66H108O6/c1-4-7-10-13-16-19-22-25-28-31-33-36-38-41-44-47-50-53-56-59-65(68)71-62-63(61-70-64(67)58-55-52-49-46-43-40-37-34-30-27-24-21-18-15-12-9-6-3)72-66(69)60-57-54-51-48-45-42-39-35-32-29-26-23-20-17-14-11-8-5-2/h9,12,15,18,21,23-24,26-27,29-35,37,39-40,43,63H,4-8,10-11,13-14,16-17,19-20,22,25,28,36,38,41-42,44-62H2,1-3H3/b12-9-,18-15-,24-21-,26-23-,30-27-,32-29-,33-31-,37-34+,39-35-,43-40-. The molecule has 0 heterocycles. The monoisotopic (exact) mass is 997 g/mol. The third kappa shape index (κ3) is 56.7. The first-order valence-electron chi connectivity index (χ1n) is 29.7. The maximum absolute atomic E-state index is 12.9. The molecule has 6 nitrogen and oxygen atoms in total. The Hall–Kier alpha value is -4.19. The molecule has 0 amide bonds. The number of carbonyl (C=O) groups excluding carboxylic acids is 3. The summed E-state index contributed by atoms with van der Waals surface area (Å²) in [6, 6.07) is 0. The van der Waals surface area contributed by atoms with E-state index in [1.54, 1.807) is 0 Å². The minimum absolute atomic E-state index is 0.106. The molecule has 0 aliphatic heterocycles. The third-order valence-corrected chi connectivity index (χ3v) is 12.4. The average Bonchev–Trinajstić information content (AvgIpc) is 3.38. The van der Waals surface area contributed by atoms with Gasteiger partial charge in [0.2, 0.25) is 0 Å². The fourth-order valence-corrected chi connectivity index (χ4v) is 7.94. The molecule has 0 saturated carbocycles. The molecular weight excluding hydrogens is 889 g/mol. The Morgan fingerprint density at radius 3 is 0.903 bits per heavy atom. The molecule has 0 aromatic carbocycles. The van der Waals surface area contributed by atoms with Crippen LogP contribution in [0.25, 0.3) is 0 Å². The van der Waals surface area contributed by atoms with E-state index in [0.29, 0.717) is 19.3 Å². The summed E-state index contributed by atoms with van der Waals surface area (Å²) < 4.78 is 16.8. The number of rotatable bonds is 52. The van der Waals surface area contributed by atoms with Crippen LogP contribution in [0.5, 0.6) is 0 Å². The zero-order chi connectivity index (χ0) is 52.2. The van der Waals surface area contributed by atoms with Gasteiger partial charge in [0.05, 0.1) is 0 Å². The second-order valence-electron chi connectivity index (χ2n) is 19.4. The number of hydrogen-bond acceptors (Lipinski definition) is 6. The highest BCUT2D eigenvalue weighted by molar-refractivity contribution is 5.71. The maximum atomic E-state index is 12.9. The number of unbranched alkanes of at least 4 members (excludes halogenated alkanes) is 28. The molecule has 408 valence electrons. The van der Waals surface area contributed by atoms with Crippen LogP contribution >= 0.6 is 0 Å². The predicted molar refractivity (Wildman–Crippen MR) is 311 cm³/mol. The van der Waals surface area contributed by atoms with Crippen molar-refractivity contribution in [3.8, 4) is 0 Å². The number of ether oxygens (including phenoxy) is 3. The minimum Gasteiger partial charge on any atom is -0.462 e. The van der Waals surface area contributed by atoms with E-state index in [1.807, 2.05) is 60.8 Å². The summed E-state index contributed by atoms with van der Waals surface area (Å²) in [4.78, 5) is 38.2. The summed E-state index contributed by atoms with van der Waals surface area (Å²) in [5.41, 5.74) is 0. The first kappa shape index (κ1) is 67.8. The lowest BCUT2D eigenvalue weighted by Gasteiger charge is -2.18. The van der Waals surface area contributed by atoms with Crippen LogP contribution in [0.1, 0.15) is 258 Å². The van der Waals surface area contributed by atoms with Gasteiger partial charge in [-0.1, -0.05) is 271 Å². The van der Waals surface area contributed by atoms with Crippen molar-refractivity contribution >= 4 is 17.9 Å². The minimum atomic E-state index is -0.814. The molecule has 0 N–H and O–H groups in total. The van der Waals surface area contributed by atoms with E-state index in [1.165, 1.54) is 122 Å². The zero-order valence-corrected chi connectivity index (χ0v) is 46.7. The number of hydrogen-bond donors (Lipinski definition) is 0. The van der Waals surface area contributed by atoms with E-state index in [4.69, 9.17) is 14.2 Å². The Kier molecular flexibility index (Phi) is 55.9. The van der Waals surface area contributed by atoms with Gasteiger partial charge in [0.25, 0.3) is 0 Å². The Bertz CT molecular complexity index is 1520. The van der Waals surface area contributed by atoms with Crippen molar-refractivity contribution in [2.45, 2.75) is 264 Å². The van der Waals surface area contributed by atoms with Gasteiger partial charge in [-0.25, -0.2) is 0 Å². The molecule has 0 aromatic rings. The van der Waals surface area contributed by atoms with Gasteiger partial charge in [-0.2, -0.15) is 0 Å². The lowest BCUT2D eigenvalue weighted by atomic mass is 10.1. The van der Waals surface area contributed by atoms with E-state index in [2.05, 4.69) is 81.5 Å². The molecule has 0 fully saturated rings. The molecule has 0 aromatic heterocycles. The molecule has 0 spiro atoms. The van der Waals surface area contributed by atoms with Gasteiger partial charge < -0.3 is 14.2 Å². The van der Waals surface area contributed by atoms with Gasteiger partial charge in [0.15, 0.2) is 6.10 Å². The van der Waals surface area contributed by atoms with Crippen LogP contribution in [-0.2, 0) is 28.6 Å². The molecule has 0 aliphatic rings. The topological polar surface area (TPSA) is 78.9 Å². The van der Waals surface area contributed by atoms with E-state index in [9.17, 15) is 14.4 Å². The highest BCUT2D eigenvalue weighted by Crippen LogP contribution is 2.14. The van der Waals surface area contributed by atoms with Gasteiger partial charge in [-0.3, -0.25) is 14.4 Å². The Morgan fingerprint density at radius 2 is 0.556 bits per heavy atom. The van der Waals surface area contributed by atoms with Gasteiger partial charge >= 0.3 is 17.9 Å². The average molecular weight is 998 g/mol. The van der Waals surface area contributed by atoms with Crippen LogP contribution in [0, 0.1) is 0 Å². The van der Waals surface area contributed by atoms with Crippen molar-refractivity contribution < 1.29 is 28.6 Å². The lowest BCUT2D eigenvalue weighted by molar-refractivity contribution is -0.167. The van der Waals surface area contributed by atoms with Crippen molar-refractivity contribution in [1.82, 2.24) is 0 Å². The Balaban J connectivity index is 4.53.